The molecule has 7 heteroatoms. The average molecular weight is 329 g/mol. The highest BCUT2D eigenvalue weighted by Gasteiger charge is 2.22. The molecule has 126 valence electrons. The smallest absolute Gasteiger partial charge is 0.240 e. The van der Waals surface area contributed by atoms with E-state index in [4.69, 9.17) is 9.78 Å². The van der Waals surface area contributed by atoms with Crippen molar-refractivity contribution in [2.45, 2.75) is 26.3 Å². The fourth-order valence-electron chi connectivity index (χ4n) is 2.79. The summed E-state index contributed by atoms with van der Waals surface area (Å²) in [6, 6.07) is 6.72. The van der Waals surface area contributed by atoms with Gasteiger partial charge in [0.1, 0.15) is 17.4 Å². The van der Waals surface area contributed by atoms with Crippen LogP contribution in [0.4, 0.5) is 10.1 Å². The molecule has 1 aromatic carbocycles. The molecule has 1 aliphatic rings. The van der Waals surface area contributed by atoms with Crippen LogP contribution < -0.4 is 4.90 Å². The number of nitrogens with zero attached hydrogens (tertiary/aromatic N) is 5. The van der Waals surface area contributed by atoms with Crippen molar-refractivity contribution in [3.63, 3.8) is 0 Å². The van der Waals surface area contributed by atoms with Gasteiger partial charge < -0.3 is 9.42 Å². The Hall–Kier alpha value is -2.46. The van der Waals surface area contributed by atoms with E-state index in [1.54, 1.807) is 12.1 Å². The van der Waals surface area contributed by atoms with Gasteiger partial charge in [-0.1, -0.05) is 25.1 Å². The van der Waals surface area contributed by atoms with Gasteiger partial charge in [0.05, 0.1) is 12.2 Å². The molecule has 0 N–H and O–H groups in total. The van der Waals surface area contributed by atoms with Gasteiger partial charge in [-0.05, 0) is 12.1 Å². The standard InChI is InChI=1S/C17H20FN5O/c1-12(2)17-20-16(24-21-17)11-22-6-8-23(9-7-22)15-5-3-4-14(18)13(15)10-19/h3-5,12H,6-9,11H2,1-2H3. The molecule has 3 rings (SSSR count). The quantitative estimate of drug-likeness (QED) is 0.858. The van der Waals surface area contributed by atoms with Gasteiger partial charge in [0, 0.05) is 32.1 Å². The minimum atomic E-state index is -0.468. The average Bonchev–Trinajstić information content (AvgIpc) is 3.04. The van der Waals surface area contributed by atoms with Gasteiger partial charge >= 0.3 is 0 Å². The lowest BCUT2D eigenvalue weighted by atomic mass is 10.1. The van der Waals surface area contributed by atoms with Crippen LogP contribution in [0.3, 0.4) is 0 Å². The molecular weight excluding hydrogens is 309 g/mol. The first-order valence-electron chi connectivity index (χ1n) is 8.07. The van der Waals surface area contributed by atoms with E-state index in [0.717, 1.165) is 32.0 Å². The number of nitriles is 1. The summed E-state index contributed by atoms with van der Waals surface area (Å²) >= 11 is 0. The molecule has 1 aromatic heterocycles. The van der Waals surface area contributed by atoms with Crippen molar-refractivity contribution in [2.24, 2.45) is 0 Å². The van der Waals surface area contributed by atoms with Crippen LogP contribution in [0, 0.1) is 17.1 Å². The molecule has 2 heterocycles. The number of halogens is 1. The maximum atomic E-state index is 13.7. The molecule has 1 aliphatic heterocycles. The van der Waals surface area contributed by atoms with Crippen LogP contribution in [0.1, 0.15) is 37.0 Å². The van der Waals surface area contributed by atoms with Gasteiger partial charge in [-0.25, -0.2) is 4.39 Å². The largest absolute Gasteiger partial charge is 0.368 e. The van der Waals surface area contributed by atoms with Gasteiger partial charge in [0.25, 0.3) is 0 Å². The SMILES string of the molecule is CC(C)c1noc(CN2CCN(c3cccc(F)c3C#N)CC2)n1. The first-order valence-corrected chi connectivity index (χ1v) is 8.07. The summed E-state index contributed by atoms with van der Waals surface area (Å²) in [5, 5.41) is 13.1. The predicted molar refractivity (Wildman–Crippen MR) is 87.0 cm³/mol. The van der Waals surface area contributed by atoms with Crippen LogP contribution in [-0.2, 0) is 6.54 Å². The van der Waals surface area contributed by atoms with Crippen molar-refractivity contribution in [1.29, 1.82) is 5.26 Å². The van der Waals surface area contributed by atoms with E-state index >= 15 is 0 Å². The van der Waals surface area contributed by atoms with E-state index in [2.05, 4.69) is 15.0 Å². The van der Waals surface area contributed by atoms with Crippen LogP contribution in [-0.4, -0.2) is 41.2 Å². The Labute approximate surface area is 140 Å². The summed E-state index contributed by atoms with van der Waals surface area (Å²) < 4.78 is 19.0. The van der Waals surface area contributed by atoms with Crippen LogP contribution in [0.25, 0.3) is 0 Å². The van der Waals surface area contributed by atoms with E-state index < -0.39 is 5.82 Å². The number of anilines is 1. The lowest BCUT2D eigenvalue weighted by molar-refractivity contribution is 0.215. The zero-order valence-electron chi connectivity index (χ0n) is 13.9. The van der Waals surface area contributed by atoms with Crippen molar-refractivity contribution < 1.29 is 8.91 Å². The summed E-state index contributed by atoms with van der Waals surface area (Å²) in [4.78, 5) is 8.66. The highest BCUT2D eigenvalue weighted by Crippen LogP contribution is 2.24. The normalized spacial score (nSPS) is 15.7. The predicted octanol–water partition coefficient (Wildman–Crippen LogP) is 2.53. The lowest BCUT2D eigenvalue weighted by Crippen LogP contribution is -2.46. The molecule has 0 radical (unpaired) electrons. The van der Waals surface area contributed by atoms with Crippen LogP contribution >= 0.6 is 0 Å². The second kappa shape index (κ2) is 6.97. The number of piperazine rings is 1. The molecular formula is C17H20FN5O. The minimum absolute atomic E-state index is 0.115. The molecule has 0 spiro atoms. The summed E-state index contributed by atoms with van der Waals surface area (Å²) in [5.41, 5.74) is 0.779. The second-order valence-electron chi connectivity index (χ2n) is 6.21. The van der Waals surface area contributed by atoms with E-state index in [0.29, 0.717) is 18.1 Å². The Kier molecular flexibility index (Phi) is 4.76. The molecule has 0 aliphatic carbocycles. The number of aromatic nitrogens is 2. The first-order chi connectivity index (χ1) is 11.6. The van der Waals surface area contributed by atoms with Crippen LogP contribution in [0.5, 0.6) is 0 Å². The Morgan fingerprint density at radius 2 is 2.04 bits per heavy atom. The van der Waals surface area contributed by atoms with E-state index in [1.165, 1.54) is 6.07 Å². The van der Waals surface area contributed by atoms with Crippen LogP contribution in [0.15, 0.2) is 22.7 Å². The number of hydrogen-bond acceptors (Lipinski definition) is 6. The molecule has 1 fully saturated rings. The summed E-state index contributed by atoms with van der Waals surface area (Å²) in [5.74, 6) is 1.12. The van der Waals surface area contributed by atoms with Crippen molar-refractivity contribution in [1.82, 2.24) is 15.0 Å². The third kappa shape index (κ3) is 3.39. The Bertz CT molecular complexity index is 744. The van der Waals surface area contributed by atoms with E-state index in [-0.39, 0.29) is 11.5 Å². The summed E-state index contributed by atoms with van der Waals surface area (Å²) in [6.45, 7) is 7.70. The number of benzene rings is 1. The third-order valence-corrected chi connectivity index (χ3v) is 4.18. The number of hydrogen-bond donors (Lipinski definition) is 0. The second-order valence-corrected chi connectivity index (χ2v) is 6.21. The van der Waals surface area contributed by atoms with Gasteiger partial charge in [0.15, 0.2) is 5.82 Å². The van der Waals surface area contributed by atoms with Crippen molar-refractivity contribution in [2.75, 3.05) is 31.1 Å². The van der Waals surface area contributed by atoms with E-state index in [9.17, 15) is 4.39 Å². The van der Waals surface area contributed by atoms with Gasteiger partial charge in [0.2, 0.25) is 5.89 Å². The molecule has 0 saturated carbocycles. The third-order valence-electron chi connectivity index (χ3n) is 4.18. The number of rotatable bonds is 4. The fraction of sp³-hybridized carbons (Fsp3) is 0.471. The van der Waals surface area contributed by atoms with Gasteiger partial charge in [-0.2, -0.15) is 10.2 Å². The zero-order valence-corrected chi connectivity index (χ0v) is 13.9. The highest BCUT2D eigenvalue weighted by molar-refractivity contribution is 5.60. The fourth-order valence-corrected chi connectivity index (χ4v) is 2.79. The topological polar surface area (TPSA) is 69.2 Å². The molecule has 0 unspecified atom stereocenters. The molecule has 6 nitrogen and oxygen atoms in total. The molecule has 0 atom stereocenters. The van der Waals surface area contributed by atoms with Crippen molar-refractivity contribution >= 4 is 5.69 Å². The van der Waals surface area contributed by atoms with Crippen molar-refractivity contribution in [3.05, 3.63) is 41.3 Å². The van der Waals surface area contributed by atoms with Gasteiger partial charge in [-0.3, -0.25) is 4.90 Å². The van der Waals surface area contributed by atoms with E-state index in [1.807, 2.05) is 24.8 Å². The first kappa shape index (κ1) is 16.4. The molecule has 0 bridgehead atoms. The summed E-state index contributed by atoms with van der Waals surface area (Å²) in [6.07, 6.45) is 0. The Morgan fingerprint density at radius 3 is 2.67 bits per heavy atom. The Morgan fingerprint density at radius 1 is 1.29 bits per heavy atom. The molecule has 0 amide bonds. The molecule has 24 heavy (non-hydrogen) atoms. The Balaban J connectivity index is 1.62. The summed E-state index contributed by atoms with van der Waals surface area (Å²) in [7, 11) is 0. The molecule has 1 saturated heterocycles. The minimum Gasteiger partial charge on any atom is -0.368 e. The van der Waals surface area contributed by atoms with Crippen molar-refractivity contribution in [3.8, 4) is 6.07 Å². The maximum Gasteiger partial charge on any atom is 0.240 e. The lowest BCUT2D eigenvalue weighted by Gasteiger charge is -2.35. The zero-order chi connectivity index (χ0) is 17.1. The monoisotopic (exact) mass is 329 g/mol. The molecule has 2 aromatic rings. The maximum absolute atomic E-state index is 13.7. The highest BCUT2D eigenvalue weighted by atomic mass is 19.1. The van der Waals surface area contributed by atoms with Gasteiger partial charge in [-0.15, -0.1) is 0 Å². The van der Waals surface area contributed by atoms with Crippen LogP contribution in [0.2, 0.25) is 0 Å².